The van der Waals surface area contributed by atoms with Crippen LogP contribution in [0, 0.1) is 0 Å². The zero-order chi connectivity index (χ0) is 15.6. The molecule has 0 N–H and O–H groups in total. The van der Waals surface area contributed by atoms with Crippen LogP contribution < -0.4 is 0 Å². The van der Waals surface area contributed by atoms with Gasteiger partial charge in [0.25, 0.3) is 0 Å². The van der Waals surface area contributed by atoms with Crippen LogP contribution in [0.2, 0.25) is 0 Å². The third kappa shape index (κ3) is 3.13. The Labute approximate surface area is 140 Å². The van der Waals surface area contributed by atoms with E-state index < -0.39 is 0 Å². The second-order valence-corrected chi connectivity index (χ2v) is 7.27. The Morgan fingerprint density at radius 1 is 1.17 bits per heavy atom. The van der Waals surface area contributed by atoms with Gasteiger partial charge in [-0.15, -0.1) is 10.2 Å². The number of aromatic nitrogens is 3. The van der Waals surface area contributed by atoms with Crippen molar-refractivity contribution in [3.63, 3.8) is 0 Å². The van der Waals surface area contributed by atoms with Crippen LogP contribution in [0.15, 0.2) is 41.8 Å². The van der Waals surface area contributed by atoms with Gasteiger partial charge in [-0.3, -0.25) is 4.79 Å². The summed E-state index contributed by atoms with van der Waals surface area (Å²) in [4.78, 5) is 15.0. The Hall–Kier alpha value is -1.82. The number of carbonyl (C=O) groups excluding carboxylic acids is 1. The summed E-state index contributed by atoms with van der Waals surface area (Å²) in [5.41, 5.74) is 1.04. The molecule has 0 radical (unpaired) electrons. The number of hydrogen-bond donors (Lipinski definition) is 0. The minimum atomic E-state index is -0.240. The van der Waals surface area contributed by atoms with Crippen molar-refractivity contribution >= 4 is 17.7 Å². The van der Waals surface area contributed by atoms with E-state index in [4.69, 9.17) is 0 Å². The number of carbonyl (C=O) groups is 1. The lowest BCUT2D eigenvalue weighted by atomic mass is 10.1. The summed E-state index contributed by atoms with van der Waals surface area (Å²) in [6.45, 7) is 1.75. The van der Waals surface area contributed by atoms with Crippen LogP contribution in [-0.2, 0) is 4.79 Å². The number of likely N-dealkylation sites (tertiary alicyclic amines) is 1. The molecule has 1 aliphatic carbocycles. The first kappa shape index (κ1) is 14.8. The quantitative estimate of drug-likeness (QED) is 0.792. The van der Waals surface area contributed by atoms with Gasteiger partial charge in [0.1, 0.15) is 11.6 Å². The van der Waals surface area contributed by atoms with Gasteiger partial charge in [0.15, 0.2) is 5.16 Å². The zero-order valence-electron chi connectivity index (χ0n) is 13.0. The van der Waals surface area contributed by atoms with E-state index in [0.29, 0.717) is 6.04 Å². The van der Waals surface area contributed by atoms with Crippen molar-refractivity contribution in [2.24, 2.45) is 0 Å². The fourth-order valence-corrected chi connectivity index (χ4v) is 4.18. The molecule has 2 heterocycles. The minimum Gasteiger partial charge on any atom is -0.341 e. The SMILES string of the molecule is O=C(C(Sc1nncn1C1CC1)c1ccccc1)N1CCCC1. The molecule has 1 atom stereocenters. The molecule has 1 saturated heterocycles. The molecule has 0 bridgehead atoms. The maximum atomic E-state index is 13.0. The van der Waals surface area contributed by atoms with E-state index >= 15 is 0 Å². The second kappa shape index (κ2) is 6.35. The molecule has 4 rings (SSSR count). The molecular formula is C17H20N4OS. The van der Waals surface area contributed by atoms with Gasteiger partial charge in [0.05, 0.1) is 0 Å². The van der Waals surface area contributed by atoms with Crippen LogP contribution in [-0.4, -0.2) is 38.7 Å². The van der Waals surface area contributed by atoms with E-state index in [1.807, 2.05) is 35.2 Å². The van der Waals surface area contributed by atoms with Gasteiger partial charge in [-0.1, -0.05) is 42.1 Å². The van der Waals surface area contributed by atoms with Crippen molar-refractivity contribution in [3.8, 4) is 0 Å². The van der Waals surface area contributed by atoms with E-state index in [-0.39, 0.29) is 11.2 Å². The lowest BCUT2D eigenvalue weighted by molar-refractivity contribution is -0.129. The van der Waals surface area contributed by atoms with Crippen molar-refractivity contribution < 1.29 is 4.79 Å². The predicted molar refractivity (Wildman–Crippen MR) is 89.1 cm³/mol. The van der Waals surface area contributed by atoms with Crippen LogP contribution in [0.3, 0.4) is 0 Å². The van der Waals surface area contributed by atoms with Crippen LogP contribution in [0.1, 0.15) is 42.5 Å². The highest BCUT2D eigenvalue weighted by molar-refractivity contribution is 8.00. The minimum absolute atomic E-state index is 0.198. The number of nitrogens with zero attached hydrogens (tertiary/aromatic N) is 4. The molecule has 1 amide bonds. The zero-order valence-corrected chi connectivity index (χ0v) is 13.8. The molecule has 2 aromatic rings. The Morgan fingerprint density at radius 2 is 1.91 bits per heavy atom. The first-order valence-corrected chi connectivity index (χ1v) is 9.11. The lowest BCUT2D eigenvalue weighted by Crippen LogP contribution is -2.31. The van der Waals surface area contributed by atoms with Gasteiger partial charge in [-0.2, -0.15) is 0 Å². The lowest BCUT2D eigenvalue weighted by Gasteiger charge is -2.23. The molecule has 1 unspecified atom stereocenters. The molecule has 2 fully saturated rings. The summed E-state index contributed by atoms with van der Waals surface area (Å²) in [5.74, 6) is 0.198. The third-order valence-electron chi connectivity index (χ3n) is 4.45. The molecule has 1 aliphatic heterocycles. The van der Waals surface area contributed by atoms with Crippen molar-refractivity contribution in [3.05, 3.63) is 42.2 Å². The monoisotopic (exact) mass is 328 g/mol. The molecule has 1 saturated carbocycles. The average molecular weight is 328 g/mol. The highest BCUT2D eigenvalue weighted by Crippen LogP contribution is 2.41. The highest BCUT2D eigenvalue weighted by Gasteiger charge is 2.32. The highest BCUT2D eigenvalue weighted by atomic mass is 32.2. The van der Waals surface area contributed by atoms with Crippen molar-refractivity contribution in [1.82, 2.24) is 19.7 Å². The summed E-state index contributed by atoms with van der Waals surface area (Å²) in [7, 11) is 0. The normalized spacial score (nSPS) is 19.0. The molecule has 23 heavy (non-hydrogen) atoms. The second-order valence-electron chi connectivity index (χ2n) is 6.19. The maximum Gasteiger partial charge on any atom is 0.240 e. The van der Waals surface area contributed by atoms with E-state index in [0.717, 1.165) is 36.7 Å². The van der Waals surface area contributed by atoms with Crippen molar-refractivity contribution in [2.45, 2.75) is 42.1 Å². The molecular weight excluding hydrogens is 308 g/mol. The summed E-state index contributed by atoms with van der Waals surface area (Å²) >= 11 is 1.54. The first-order valence-electron chi connectivity index (χ1n) is 8.23. The molecule has 1 aromatic carbocycles. The van der Waals surface area contributed by atoms with E-state index in [1.54, 1.807) is 6.33 Å². The fraction of sp³-hybridized carbons (Fsp3) is 0.471. The van der Waals surface area contributed by atoms with Gasteiger partial charge in [-0.25, -0.2) is 0 Å². The standard InChI is InChI=1S/C17H20N4OS/c22-16(20-10-4-5-11-20)15(13-6-2-1-3-7-13)23-17-19-18-12-21(17)14-8-9-14/h1-3,6-7,12,14-15H,4-5,8-11H2. The van der Waals surface area contributed by atoms with Gasteiger partial charge < -0.3 is 9.47 Å². The average Bonchev–Trinajstić information content (AvgIpc) is 3.10. The first-order chi connectivity index (χ1) is 11.3. The van der Waals surface area contributed by atoms with Crippen molar-refractivity contribution in [1.29, 1.82) is 0 Å². The van der Waals surface area contributed by atoms with Crippen LogP contribution in [0.5, 0.6) is 0 Å². The molecule has 5 nitrogen and oxygen atoms in total. The molecule has 0 spiro atoms. The molecule has 6 heteroatoms. The van der Waals surface area contributed by atoms with Gasteiger partial charge in [0, 0.05) is 19.1 Å². The van der Waals surface area contributed by atoms with E-state index in [1.165, 1.54) is 24.6 Å². The van der Waals surface area contributed by atoms with Gasteiger partial charge in [0.2, 0.25) is 5.91 Å². The summed E-state index contributed by atoms with van der Waals surface area (Å²) in [6.07, 6.45) is 6.37. The Balaban J connectivity index is 1.61. The summed E-state index contributed by atoms with van der Waals surface area (Å²) in [5, 5.41) is 8.93. The Morgan fingerprint density at radius 3 is 2.61 bits per heavy atom. The molecule has 2 aliphatic rings. The summed E-state index contributed by atoms with van der Waals surface area (Å²) < 4.78 is 2.12. The summed E-state index contributed by atoms with van der Waals surface area (Å²) in [6, 6.07) is 10.5. The van der Waals surface area contributed by atoms with Crippen LogP contribution in [0.4, 0.5) is 0 Å². The molecule has 120 valence electrons. The predicted octanol–water partition coefficient (Wildman–Crippen LogP) is 3.07. The van der Waals surface area contributed by atoms with Gasteiger partial charge >= 0.3 is 0 Å². The maximum absolute atomic E-state index is 13.0. The largest absolute Gasteiger partial charge is 0.341 e. The number of rotatable bonds is 5. The third-order valence-corrected chi connectivity index (χ3v) is 5.66. The van der Waals surface area contributed by atoms with Crippen LogP contribution >= 0.6 is 11.8 Å². The van der Waals surface area contributed by atoms with E-state index in [2.05, 4.69) is 14.8 Å². The van der Waals surface area contributed by atoms with Crippen molar-refractivity contribution in [2.75, 3.05) is 13.1 Å². The van der Waals surface area contributed by atoms with Crippen LogP contribution in [0.25, 0.3) is 0 Å². The smallest absolute Gasteiger partial charge is 0.240 e. The topological polar surface area (TPSA) is 51.0 Å². The Bertz CT molecular complexity index is 677. The van der Waals surface area contributed by atoms with Gasteiger partial charge in [-0.05, 0) is 31.2 Å². The number of hydrogen-bond acceptors (Lipinski definition) is 4. The number of amides is 1. The molecule has 1 aromatic heterocycles. The number of thioether (sulfide) groups is 1. The number of benzene rings is 1. The Kier molecular flexibility index (Phi) is 4.08. The fourth-order valence-electron chi connectivity index (χ4n) is 3.02. The van der Waals surface area contributed by atoms with E-state index in [9.17, 15) is 4.79 Å².